The molecule has 0 radical (unpaired) electrons. The molecule has 0 bridgehead atoms. The van der Waals surface area contributed by atoms with E-state index in [1.54, 1.807) is 0 Å². The predicted molar refractivity (Wildman–Crippen MR) is 117 cm³/mol. The highest BCUT2D eigenvalue weighted by atomic mass is 32.2. The summed E-state index contributed by atoms with van der Waals surface area (Å²) in [7, 11) is -3.77. The molecule has 2 aromatic carbocycles. The monoisotopic (exact) mass is 445 g/mol. The van der Waals surface area contributed by atoms with Crippen LogP contribution in [-0.2, 0) is 19.6 Å². The number of rotatable bonds is 8. The van der Waals surface area contributed by atoms with Crippen molar-refractivity contribution >= 4 is 27.5 Å². The number of anilines is 1. The zero-order valence-electron chi connectivity index (χ0n) is 17.6. The van der Waals surface area contributed by atoms with Crippen molar-refractivity contribution in [3.8, 4) is 0 Å². The van der Waals surface area contributed by atoms with Crippen LogP contribution in [0.5, 0.6) is 0 Å². The standard InChI is InChI=1S/C22H27N3O5S/c1-15-6-3-7-16(2)21(15)25-20(26)14-23-22(27)17-8-4-10-19(12-17)31(28,29)24-13-18-9-5-11-30-18/h3-4,6-8,10,12,18,24H,5,9,11,13-14H2,1-2H3,(H,23,27)(H,25,26). The number of hydrogen-bond acceptors (Lipinski definition) is 5. The molecule has 2 aromatic rings. The van der Waals surface area contributed by atoms with Gasteiger partial charge in [-0.15, -0.1) is 0 Å². The lowest BCUT2D eigenvalue weighted by Gasteiger charge is -2.13. The van der Waals surface area contributed by atoms with Gasteiger partial charge < -0.3 is 15.4 Å². The molecular formula is C22H27N3O5S. The third-order valence-corrected chi connectivity index (χ3v) is 6.51. The Morgan fingerprint density at radius 2 is 1.81 bits per heavy atom. The van der Waals surface area contributed by atoms with Gasteiger partial charge in [0.05, 0.1) is 17.5 Å². The second-order valence-corrected chi connectivity index (χ2v) is 9.28. The van der Waals surface area contributed by atoms with Gasteiger partial charge in [0.15, 0.2) is 0 Å². The summed E-state index contributed by atoms with van der Waals surface area (Å²) in [6.07, 6.45) is 1.60. The van der Waals surface area contributed by atoms with Gasteiger partial charge in [0.25, 0.3) is 5.91 Å². The molecule has 1 aliphatic rings. The molecular weight excluding hydrogens is 418 g/mol. The number of para-hydroxylation sites is 1. The molecule has 3 N–H and O–H groups in total. The molecule has 0 spiro atoms. The minimum atomic E-state index is -3.77. The van der Waals surface area contributed by atoms with Gasteiger partial charge in [0.2, 0.25) is 15.9 Å². The second-order valence-electron chi connectivity index (χ2n) is 7.51. The van der Waals surface area contributed by atoms with Gasteiger partial charge in [-0.05, 0) is 56.0 Å². The van der Waals surface area contributed by atoms with Gasteiger partial charge in [-0.25, -0.2) is 13.1 Å². The first kappa shape index (κ1) is 22.9. The lowest BCUT2D eigenvalue weighted by molar-refractivity contribution is -0.115. The normalized spacial score (nSPS) is 16.1. The third kappa shape index (κ3) is 6.13. The number of sulfonamides is 1. The minimum Gasteiger partial charge on any atom is -0.377 e. The zero-order valence-corrected chi connectivity index (χ0v) is 18.4. The molecule has 166 valence electrons. The highest BCUT2D eigenvalue weighted by Gasteiger charge is 2.21. The highest BCUT2D eigenvalue weighted by molar-refractivity contribution is 7.89. The molecule has 1 fully saturated rings. The summed E-state index contributed by atoms with van der Waals surface area (Å²) < 4.78 is 33.0. The van der Waals surface area contributed by atoms with Crippen LogP contribution in [0.1, 0.15) is 34.3 Å². The van der Waals surface area contributed by atoms with Crippen LogP contribution in [0.3, 0.4) is 0 Å². The lowest BCUT2D eigenvalue weighted by atomic mass is 10.1. The SMILES string of the molecule is Cc1cccc(C)c1NC(=O)CNC(=O)c1cccc(S(=O)(=O)NCC2CCCO2)c1. The van der Waals surface area contributed by atoms with Gasteiger partial charge in [-0.1, -0.05) is 24.3 Å². The predicted octanol–water partition coefficient (Wildman–Crippen LogP) is 2.13. The Balaban J connectivity index is 1.58. The number of nitrogens with one attached hydrogen (secondary N) is 3. The first-order chi connectivity index (χ1) is 14.8. The summed E-state index contributed by atoms with van der Waals surface area (Å²) in [6.45, 7) is 4.37. The van der Waals surface area contributed by atoms with Crippen LogP contribution in [0.4, 0.5) is 5.69 Å². The minimum absolute atomic E-state index is 0.0156. The van der Waals surface area contributed by atoms with E-state index in [1.807, 2.05) is 32.0 Å². The van der Waals surface area contributed by atoms with E-state index in [0.29, 0.717) is 12.3 Å². The van der Waals surface area contributed by atoms with Gasteiger partial charge in [-0.2, -0.15) is 0 Å². The Bertz CT molecular complexity index is 1040. The van der Waals surface area contributed by atoms with E-state index >= 15 is 0 Å². The van der Waals surface area contributed by atoms with Crippen molar-refractivity contribution in [2.75, 3.05) is 25.0 Å². The average Bonchev–Trinajstić information content (AvgIpc) is 3.27. The molecule has 3 rings (SSSR count). The Morgan fingerprint density at radius 1 is 1.10 bits per heavy atom. The maximum Gasteiger partial charge on any atom is 0.251 e. The molecule has 1 aliphatic heterocycles. The van der Waals surface area contributed by atoms with Gasteiger partial charge >= 0.3 is 0 Å². The van der Waals surface area contributed by atoms with E-state index in [4.69, 9.17) is 4.74 Å². The van der Waals surface area contributed by atoms with Crippen LogP contribution in [0.2, 0.25) is 0 Å². The summed E-state index contributed by atoms with van der Waals surface area (Å²) in [5.74, 6) is -0.902. The molecule has 8 nitrogen and oxygen atoms in total. The number of carbonyl (C=O) groups excluding carboxylic acids is 2. The molecule has 0 saturated carbocycles. The fourth-order valence-electron chi connectivity index (χ4n) is 3.35. The van der Waals surface area contributed by atoms with Crippen molar-refractivity contribution in [3.05, 3.63) is 59.2 Å². The van der Waals surface area contributed by atoms with Crippen molar-refractivity contribution in [2.24, 2.45) is 0 Å². The van der Waals surface area contributed by atoms with E-state index in [2.05, 4.69) is 15.4 Å². The zero-order chi connectivity index (χ0) is 22.4. The highest BCUT2D eigenvalue weighted by Crippen LogP contribution is 2.19. The van der Waals surface area contributed by atoms with E-state index in [9.17, 15) is 18.0 Å². The van der Waals surface area contributed by atoms with Crippen molar-refractivity contribution in [2.45, 2.75) is 37.7 Å². The summed E-state index contributed by atoms with van der Waals surface area (Å²) in [5.41, 5.74) is 2.72. The third-order valence-electron chi connectivity index (χ3n) is 5.09. The Kier molecular flexibility index (Phi) is 7.42. The van der Waals surface area contributed by atoms with Crippen molar-refractivity contribution in [1.29, 1.82) is 0 Å². The lowest BCUT2D eigenvalue weighted by Crippen LogP contribution is -2.34. The molecule has 31 heavy (non-hydrogen) atoms. The van der Waals surface area contributed by atoms with E-state index < -0.39 is 15.9 Å². The molecule has 1 atom stereocenters. The van der Waals surface area contributed by atoms with Gasteiger partial charge in [-0.3, -0.25) is 9.59 Å². The fourth-order valence-corrected chi connectivity index (χ4v) is 4.47. The van der Waals surface area contributed by atoms with Crippen LogP contribution in [-0.4, -0.2) is 46.0 Å². The Hall–Kier alpha value is -2.75. The Labute approximate surface area is 182 Å². The number of aryl methyl sites for hydroxylation is 2. The largest absolute Gasteiger partial charge is 0.377 e. The molecule has 1 unspecified atom stereocenters. The van der Waals surface area contributed by atoms with Crippen molar-refractivity contribution < 1.29 is 22.7 Å². The number of ether oxygens (including phenoxy) is 1. The second kappa shape index (κ2) is 10.0. The summed E-state index contributed by atoms with van der Waals surface area (Å²) in [6, 6.07) is 11.4. The molecule has 1 saturated heterocycles. The first-order valence-corrected chi connectivity index (χ1v) is 11.6. The number of hydrogen-bond donors (Lipinski definition) is 3. The quantitative estimate of drug-likeness (QED) is 0.576. The van der Waals surface area contributed by atoms with E-state index in [0.717, 1.165) is 24.0 Å². The molecule has 2 amide bonds. The smallest absolute Gasteiger partial charge is 0.251 e. The van der Waals surface area contributed by atoms with Crippen LogP contribution in [0, 0.1) is 13.8 Å². The van der Waals surface area contributed by atoms with Crippen molar-refractivity contribution in [3.63, 3.8) is 0 Å². The molecule has 0 aromatic heterocycles. The van der Waals surface area contributed by atoms with Crippen LogP contribution < -0.4 is 15.4 Å². The molecule has 9 heteroatoms. The van der Waals surface area contributed by atoms with Gasteiger partial charge in [0.1, 0.15) is 0 Å². The summed E-state index contributed by atoms with van der Waals surface area (Å²) in [4.78, 5) is 24.7. The Morgan fingerprint density at radius 3 is 2.48 bits per heavy atom. The van der Waals surface area contributed by atoms with E-state index in [-0.39, 0.29) is 35.6 Å². The topological polar surface area (TPSA) is 114 Å². The molecule has 0 aliphatic carbocycles. The number of amides is 2. The number of benzene rings is 2. The summed E-state index contributed by atoms with van der Waals surface area (Å²) in [5, 5.41) is 5.32. The van der Waals surface area contributed by atoms with E-state index in [1.165, 1.54) is 24.3 Å². The number of carbonyl (C=O) groups is 2. The maximum atomic E-state index is 12.5. The molecule has 1 heterocycles. The summed E-state index contributed by atoms with van der Waals surface area (Å²) >= 11 is 0. The average molecular weight is 446 g/mol. The van der Waals surface area contributed by atoms with Gasteiger partial charge in [0, 0.05) is 24.4 Å². The fraction of sp³-hybridized carbons (Fsp3) is 0.364. The first-order valence-electron chi connectivity index (χ1n) is 10.1. The maximum absolute atomic E-state index is 12.5. The van der Waals surface area contributed by atoms with Crippen LogP contribution >= 0.6 is 0 Å². The van der Waals surface area contributed by atoms with Crippen molar-refractivity contribution in [1.82, 2.24) is 10.0 Å². The van der Waals surface area contributed by atoms with Crippen LogP contribution in [0.15, 0.2) is 47.4 Å². The van der Waals surface area contributed by atoms with Crippen LogP contribution in [0.25, 0.3) is 0 Å².